The van der Waals surface area contributed by atoms with Crippen LogP contribution in [0.15, 0.2) is 52.8 Å². The van der Waals surface area contributed by atoms with Crippen LogP contribution in [0.1, 0.15) is 18.9 Å². The van der Waals surface area contributed by atoms with Gasteiger partial charge in [0.2, 0.25) is 5.90 Å². The number of ether oxygens (including phenoxy) is 1. The zero-order chi connectivity index (χ0) is 17.4. The number of rotatable bonds is 3. The molecule has 0 saturated heterocycles. The van der Waals surface area contributed by atoms with Gasteiger partial charge in [0.05, 0.1) is 12.6 Å². The van der Waals surface area contributed by atoms with Gasteiger partial charge >= 0.3 is 0 Å². The Labute approximate surface area is 139 Å². The van der Waals surface area contributed by atoms with Crippen LogP contribution >= 0.6 is 0 Å². The van der Waals surface area contributed by atoms with Gasteiger partial charge in [-0.05, 0) is 36.8 Å². The summed E-state index contributed by atoms with van der Waals surface area (Å²) in [6.45, 7) is 1.87. The zero-order valence-corrected chi connectivity index (χ0v) is 13.9. The van der Waals surface area contributed by atoms with Gasteiger partial charge in [-0.25, -0.2) is 13.4 Å². The van der Waals surface area contributed by atoms with Gasteiger partial charge in [0.15, 0.2) is 20.5 Å². The first-order valence-corrected chi connectivity index (χ1v) is 9.04. The van der Waals surface area contributed by atoms with Crippen LogP contribution in [0.4, 0.5) is 0 Å². The first kappa shape index (κ1) is 16.3. The van der Waals surface area contributed by atoms with Crippen molar-refractivity contribution in [3.05, 3.63) is 48.2 Å². The molecule has 0 aliphatic carbocycles. The average Bonchev–Trinajstić information content (AvgIpc) is 2.90. The molecule has 24 heavy (non-hydrogen) atoms. The number of phenols is 1. The fraction of sp³-hybridized carbons (Fsp3) is 0.250. The van der Waals surface area contributed by atoms with E-state index in [0.29, 0.717) is 18.1 Å². The third-order valence-electron chi connectivity index (χ3n) is 3.64. The third-order valence-corrected chi connectivity index (χ3v) is 4.64. The molecule has 1 aromatic carbocycles. The number of aromatic hydroxyl groups is 1. The quantitative estimate of drug-likeness (QED) is 0.913. The minimum Gasteiger partial charge on any atom is -0.508 e. The van der Waals surface area contributed by atoms with Gasteiger partial charge in [-0.3, -0.25) is 0 Å². The molecule has 1 aliphatic heterocycles. The molecule has 0 bridgehead atoms. The number of hydrogen-bond donors (Lipinski definition) is 1. The summed E-state index contributed by atoms with van der Waals surface area (Å²) in [5.74, 6) is 0.911. The van der Waals surface area contributed by atoms with Crippen LogP contribution in [0.2, 0.25) is 0 Å². The zero-order valence-electron chi connectivity index (χ0n) is 13.1. The Morgan fingerprint density at radius 2 is 1.92 bits per heavy atom. The number of hydrogen-bond acceptors (Lipinski definition) is 7. The molecular formula is C16H16N2O5S. The molecule has 1 aliphatic rings. The molecule has 3 rings (SSSR count). The molecule has 8 heteroatoms. The van der Waals surface area contributed by atoms with Crippen molar-refractivity contribution < 1.29 is 23.1 Å². The van der Waals surface area contributed by atoms with Crippen LogP contribution in [-0.4, -0.2) is 30.7 Å². The summed E-state index contributed by atoms with van der Waals surface area (Å²) in [5.41, 5.74) is 0.164. The number of sulfone groups is 1. The number of aromatic nitrogens is 1. The van der Waals surface area contributed by atoms with Crippen molar-refractivity contribution in [3.8, 4) is 11.5 Å². The molecule has 1 atom stereocenters. The Morgan fingerprint density at radius 3 is 2.50 bits per heavy atom. The molecule has 2 aromatic rings. The summed E-state index contributed by atoms with van der Waals surface area (Å²) in [6, 6.07) is 9.57. The van der Waals surface area contributed by atoms with Crippen LogP contribution in [0.3, 0.4) is 0 Å². The number of phenolic OH excluding ortho intramolecular Hbond substituents is 1. The lowest BCUT2D eigenvalue weighted by molar-refractivity contribution is -0.00742. The summed E-state index contributed by atoms with van der Waals surface area (Å²) >= 11 is 0. The van der Waals surface area contributed by atoms with E-state index in [1.54, 1.807) is 24.3 Å². The predicted octanol–water partition coefficient (Wildman–Crippen LogP) is 2.22. The van der Waals surface area contributed by atoms with E-state index in [4.69, 9.17) is 9.57 Å². The lowest BCUT2D eigenvalue weighted by atomic mass is 9.93. The Balaban J connectivity index is 1.71. The molecule has 0 fully saturated rings. The van der Waals surface area contributed by atoms with Crippen molar-refractivity contribution in [3.63, 3.8) is 0 Å². The normalized spacial score (nSPS) is 20.3. The molecule has 0 spiro atoms. The monoisotopic (exact) mass is 348 g/mol. The van der Waals surface area contributed by atoms with E-state index in [1.165, 1.54) is 18.3 Å². The second-order valence-corrected chi connectivity index (χ2v) is 7.70. The van der Waals surface area contributed by atoms with Crippen molar-refractivity contribution in [1.29, 1.82) is 0 Å². The van der Waals surface area contributed by atoms with Crippen molar-refractivity contribution >= 4 is 15.7 Å². The second-order valence-electron chi connectivity index (χ2n) is 5.74. The molecule has 1 aromatic heterocycles. The molecule has 0 saturated carbocycles. The molecular weight excluding hydrogens is 332 g/mol. The topological polar surface area (TPSA) is 98.1 Å². The van der Waals surface area contributed by atoms with E-state index < -0.39 is 15.4 Å². The molecule has 2 heterocycles. The standard InChI is InChI=1S/C16H16N2O5S/c1-16(11-3-5-12(19)6-4-11)9-14(18-23-16)22-13-7-8-15(17-10-13)24(2,20)21/h3-8,10,19H,9H2,1-2H3/t16-/m0/s1. The van der Waals surface area contributed by atoms with Gasteiger partial charge in [0.1, 0.15) is 11.5 Å². The van der Waals surface area contributed by atoms with Crippen LogP contribution in [0.5, 0.6) is 11.5 Å². The average molecular weight is 348 g/mol. The van der Waals surface area contributed by atoms with E-state index in [2.05, 4.69) is 10.1 Å². The minimum atomic E-state index is -3.35. The van der Waals surface area contributed by atoms with Gasteiger partial charge in [-0.1, -0.05) is 17.3 Å². The summed E-state index contributed by atoms with van der Waals surface area (Å²) < 4.78 is 28.4. The van der Waals surface area contributed by atoms with Gasteiger partial charge in [-0.2, -0.15) is 0 Å². The largest absolute Gasteiger partial charge is 0.508 e. The summed E-state index contributed by atoms with van der Waals surface area (Å²) in [4.78, 5) is 9.35. The Morgan fingerprint density at radius 1 is 1.21 bits per heavy atom. The number of oxime groups is 1. The van der Waals surface area contributed by atoms with Crippen molar-refractivity contribution in [2.45, 2.75) is 24.0 Å². The third kappa shape index (κ3) is 3.33. The van der Waals surface area contributed by atoms with E-state index in [9.17, 15) is 13.5 Å². The van der Waals surface area contributed by atoms with E-state index in [-0.39, 0.29) is 10.8 Å². The van der Waals surface area contributed by atoms with Gasteiger partial charge in [0, 0.05) is 6.26 Å². The highest BCUT2D eigenvalue weighted by molar-refractivity contribution is 7.90. The van der Waals surface area contributed by atoms with E-state index >= 15 is 0 Å². The highest BCUT2D eigenvalue weighted by atomic mass is 32.2. The molecule has 0 unspecified atom stereocenters. The highest BCUT2D eigenvalue weighted by Gasteiger charge is 2.37. The van der Waals surface area contributed by atoms with Gasteiger partial charge in [0.25, 0.3) is 0 Å². The molecule has 126 valence electrons. The fourth-order valence-electron chi connectivity index (χ4n) is 2.31. The lowest BCUT2D eigenvalue weighted by Gasteiger charge is -2.21. The van der Waals surface area contributed by atoms with Crippen molar-refractivity contribution in [2.75, 3.05) is 6.26 Å². The maximum absolute atomic E-state index is 11.4. The highest BCUT2D eigenvalue weighted by Crippen LogP contribution is 2.35. The smallest absolute Gasteiger partial charge is 0.235 e. The van der Waals surface area contributed by atoms with Crippen LogP contribution in [-0.2, 0) is 20.3 Å². The number of nitrogens with zero attached hydrogens (tertiary/aromatic N) is 2. The van der Waals surface area contributed by atoms with E-state index in [1.807, 2.05) is 6.92 Å². The maximum Gasteiger partial charge on any atom is 0.235 e. The Bertz CT molecular complexity index is 876. The molecule has 1 N–H and O–H groups in total. The maximum atomic E-state index is 11.4. The second kappa shape index (κ2) is 5.79. The number of pyridine rings is 1. The molecule has 7 nitrogen and oxygen atoms in total. The first-order valence-electron chi connectivity index (χ1n) is 7.15. The molecule has 0 radical (unpaired) electrons. The van der Waals surface area contributed by atoms with Crippen LogP contribution in [0, 0.1) is 0 Å². The SMILES string of the molecule is C[C@@]1(c2ccc(O)cc2)CC(Oc2ccc(S(C)(=O)=O)nc2)=NO1. The summed E-state index contributed by atoms with van der Waals surface area (Å²) in [5, 5.41) is 13.3. The van der Waals surface area contributed by atoms with Crippen molar-refractivity contribution in [1.82, 2.24) is 4.98 Å². The Hall–Kier alpha value is -2.61. The minimum absolute atomic E-state index is 0.0200. The fourth-order valence-corrected chi connectivity index (χ4v) is 2.87. The van der Waals surface area contributed by atoms with Gasteiger partial charge < -0.3 is 14.7 Å². The molecule has 0 amide bonds. The summed E-state index contributed by atoms with van der Waals surface area (Å²) in [7, 11) is -3.35. The predicted molar refractivity (Wildman–Crippen MR) is 86.6 cm³/mol. The van der Waals surface area contributed by atoms with E-state index in [0.717, 1.165) is 11.8 Å². The van der Waals surface area contributed by atoms with Crippen molar-refractivity contribution in [2.24, 2.45) is 5.16 Å². The lowest BCUT2D eigenvalue weighted by Crippen LogP contribution is -2.23. The first-order chi connectivity index (χ1) is 11.3. The Kier molecular flexibility index (Phi) is 3.92. The van der Waals surface area contributed by atoms with Gasteiger partial charge in [-0.15, -0.1) is 0 Å². The van der Waals surface area contributed by atoms with Crippen LogP contribution in [0.25, 0.3) is 0 Å². The number of benzene rings is 1. The van der Waals surface area contributed by atoms with Crippen LogP contribution < -0.4 is 4.74 Å². The summed E-state index contributed by atoms with van der Waals surface area (Å²) in [6.07, 6.45) is 2.81.